The van der Waals surface area contributed by atoms with Crippen LogP contribution in [0.4, 0.5) is 0 Å². The first-order valence-electron chi connectivity index (χ1n) is 2.20. The summed E-state index contributed by atoms with van der Waals surface area (Å²) in [6, 6.07) is 0. The molecule has 0 spiro atoms. The molecule has 4 nitrogen and oxygen atoms in total. The third-order valence-electron chi connectivity index (χ3n) is 0.588. The van der Waals surface area contributed by atoms with Gasteiger partial charge in [-0.1, -0.05) is 0 Å². The van der Waals surface area contributed by atoms with Crippen LogP contribution in [-0.2, 0) is 18.6 Å². The molecule has 0 rings (SSSR count). The monoisotopic (exact) mass is 180 g/mol. The summed E-state index contributed by atoms with van der Waals surface area (Å²) >= 11 is 0. The molecule has 0 bridgehead atoms. The Morgan fingerprint density at radius 2 is 1.30 bits per heavy atom. The highest BCUT2D eigenvalue weighted by atomic mass is 31.0. The van der Waals surface area contributed by atoms with Gasteiger partial charge in [-0.25, -0.2) is 9.59 Å². The summed E-state index contributed by atoms with van der Waals surface area (Å²) < 4.78 is 8.24. The first kappa shape index (κ1) is 9.54. The molecule has 0 saturated carbocycles. The smallest absolute Gasteiger partial charge is 0.333 e. The molecule has 0 amide bonds. The Bertz CT molecular complexity index is 147. The van der Waals surface area contributed by atoms with Gasteiger partial charge in [0.1, 0.15) is 0 Å². The van der Waals surface area contributed by atoms with Crippen molar-refractivity contribution >= 4 is 30.9 Å². The predicted molar refractivity (Wildman–Crippen MR) is 40.7 cm³/mol. The minimum Gasteiger partial charge on any atom is -0.448 e. The Hall–Kier alpha value is -0.460. The average molecular weight is 180 g/mol. The first-order valence-corrected chi connectivity index (χ1v) is 3.14. The third-order valence-corrected chi connectivity index (χ3v) is 1.05. The van der Waals surface area contributed by atoms with E-state index < -0.39 is 11.9 Å². The maximum atomic E-state index is 10.3. The number of hydrogen-bond acceptors (Lipinski definition) is 4. The van der Waals surface area contributed by atoms with Crippen molar-refractivity contribution in [1.82, 2.24) is 0 Å². The van der Waals surface area contributed by atoms with Crippen LogP contribution in [0.5, 0.6) is 0 Å². The standard InChI is InChI=1S/C4H6O4P2/c5-3(7-9)1-2-4(6)8-10/h1-2H,9-10H2. The van der Waals surface area contributed by atoms with Crippen molar-refractivity contribution in [2.24, 2.45) is 0 Å². The van der Waals surface area contributed by atoms with Crippen molar-refractivity contribution in [3.05, 3.63) is 12.2 Å². The van der Waals surface area contributed by atoms with Gasteiger partial charge in [-0.3, -0.25) is 0 Å². The van der Waals surface area contributed by atoms with E-state index in [2.05, 4.69) is 9.05 Å². The van der Waals surface area contributed by atoms with Crippen LogP contribution < -0.4 is 0 Å². The maximum Gasteiger partial charge on any atom is 0.333 e. The molecule has 56 valence electrons. The second kappa shape index (κ2) is 5.33. The van der Waals surface area contributed by atoms with Gasteiger partial charge >= 0.3 is 11.9 Å². The quantitative estimate of drug-likeness (QED) is 0.450. The molecular formula is C4H6O4P2. The molecule has 0 fully saturated rings. The van der Waals surface area contributed by atoms with E-state index in [1.165, 1.54) is 0 Å². The van der Waals surface area contributed by atoms with Crippen molar-refractivity contribution < 1.29 is 18.6 Å². The van der Waals surface area contributed by atoms with E-state index in [-0.39, 0.29) is 0 Å². The van der Waals surface area contributed by atoms with Crippen LogP contribution in [0, 0.1) is 0 Å². The van der Waals surface area contributed by atoms with Crippen LogP contribution in [-0.4, -0.2) is 11.9 Å². The molecular weight excluding hydrogens is 174 g/mol. The molecule has 0 aromatic rings. The normalized spacial score (nSPS) is 9.40. The zero-order valence-corrected chi connectivity index (χ0v) is 7.25. The minimum absolute atomic E-state index is 0.625. The molecule has 0 aliphatic rings. The van der Waals surface area contributed by atoms with Gasteiger partial charge in [0.05, 0.1) is 18.9 Å². The molecule has 2 unspecified atom stereocenters. The van der Waals surface area contributed by atoms with Crippen molar-refractivity contribution in [1.29, 1.82) is 0 Å². The summed E-state index contributed by atoms with van der Waals surface area (Å²) in [6.45, 7) is 0. The van der Waals surface area contributed by atoms with Crippen molar-refractivity contribution in [2.75, 3.05) is 0 Å². The fraction of sp³-hybridized carbons (Fsp3) is 0. The summed E-state index contributed by atoms with van der Waals surface area (Å²) in [5, 5.41) is 0. The lowest BCUT2D eigenvalue weighted by molar-refractivity contribution is -0.130. The maximum absolute atomic E-state index is 10.3. The van der Waals surface area contributed by atoms with E-state index in [1.54, 1.807) is 18.9 Å². The Labute approximate surface area is 62.5 Å². The Morgan fingerprint density at radius 3 is 1.50 bits per heavy atom. The van der Waals surface area contributed by atoms with Crippen molar-refractivity contribution in [2.45, 2.75) is 0 Å². The fourth-order valence-corrected chi connectivity index (χ4v) is 0.372. The molecule has 0 saturated heterocycles. The largest absolute Gasteiger partial charge is 0.448 e. The van der Waals surface area contributed by atoms with Gasteiger partial charge in [0.25, 0.3) is 0 Å². The number of rotatable bonds is 2. The SMILES string of the molecule is O=C(C=CC(=O)OP)OP. The molecule has 0 heterocycles. The molecule has 0 aliphatic heterocycles. The molecule has 0 N–H and O–H groups in total. The highest BCUT2D eigenvalue weighted by molar-refractivity contribution is 7.11. The second-order valence-electron chi connectivity index (χ2n) is 1.21. The van der Waals surface area contributed by atoms with E-state index in [1.807, 2.05) is 0 Å². The number of hydrogen-bond donors (Lipinski definition) is 0. The van der Waals surface area contributed by atoms with Crippen LogP contribution in [0.25, 0.3) is 0 Å². The summed E-state index contributed by atoms with van der Waals surface area (Å²) in [6.07, 6.45) is 1.92. The Balaban J connectivity index is 3.75. The second-order valence-corrected chi connectivity index (χ2v) is 1.68. The van der Waals surface area contributed by atoms with E-state index in [4.69, 9.17) is 0 Å². The summed E-state index contributed by atoms with van der Waals surface area (Å²) in [4.78, 5) is 20.6. The lowest BCUT2D eigenvalue weighted by atomic mass is 10.5. The van der Waals surface area contributed by atoms with Crippen LogP contribution in [0.3, 0.4) is 0 Å². The zero-order chi connectivity index (χ0) is 7.98. The van der Waals surface area contributed by atoms with Crippen LogP contribution in [0.2, 0.25) is 0 Å². The predicted octanol–water partition coefficient (Wildman–Crippen LogP) is 0.209. The van der Waals surface area contributed by atoms with Crippen LogP contribution in [0.15, 0.2) is 12.2 Å². The van der Waals surface area contributed by atoms with Gasteiger partial charge in [0, 0.05) is 12.2 Å². The lowest BCUT2D eigenvalue weighted by Crippen LogP contribution is -1.94. The Morgan fingerprint density at radius 1 is 1.00 bits per heavy atom. The van der Waals surface area contributed by atoms with Gasteiger partial charge in [0.2, 0.25) is 0 Å². The van der Waals surface area contributed by atoms with E-state index in [9.17, 15) is 9.59 Å². The first-order chi connectivity index (χ1) is 4.70. The van der Waals surface area contributed by atoms with Gasteiger partial charge in [-0.2, -0.15) is 0 Å². The summed E-state index contributed by atoms with van der Waals surface area (Å²) in [5.41, 5.74) is 0. The lowest BCUT2D eigenvalue weighted by Gasteiger charge is -1.88. The van der Waals surface area contributed by atoms with E-state index in [0.717, 1.165) is 12.2 Å². The molecule has 0 aromatic heterocycles. The number of carbonyl (C=O) groups excluding carboxylic acids is 2. The van der Waals surface area contributed by atoms with E-state index >= 15 is 0 Å². The zero-order valence-electron chi connectivity index (χ0n) is 4.94. The molecule has 0 aromatic carbocycles. The summed E-state index contributed by atoms with van der Waals surface area (Å²) in [7, 11) is 3.52. The average Bonchev–Trinajstić information content (AvgIpc) is 1.99. The topological polar surface area (TPSA) is 52.6 Å². The summed E-state index contributed by atoms with van der Waals surface area (Å²) in [5.74, 6) is -1.25. The molecule has 0 radical (unpaired) electrons. The Kier molecular flexibility index (Phi) is 5.09. The van der Waals surface area contributed by atoms with Crippen LogP contribution >= 0.6 is 18.9 Å². The van der Waals surface area contributed by atoms with E-state index in [0.29, 0.717) is 0 Å². The van der Waals surface area contributed by atoms with Crippen LogP contribution in [0.1, 0.15) is 0 Å². The molecule has 10 heavy (non-hydrogen) atoms. The highest BCUT2D eigenvalue weighted by Gasteiger charge is 1.94. The van der Waals surface area contributed by atoms with Crippen molar-refractivity contribution in [3.8, 4) is 0 Å². The fourth-order valence-electron chi connectivity index (χ4n) is 0.215. The minimum atomic E-state index is -0.625. The number of carbonyl (C=O) groups is 2. The van der Waals surface area contributed by atoms with Gasteiger partial charge in [-0.05, 0) is 0 Å². The van der Waals surface area contributed by atoms with Gasteiger partial charge < -0.3 is 9.05 Å². The molecule has 6 heteroatoms. The third kappa shape index (κ3) is 4.42. The molecule has 2 atom stereocenters. The van der Waals surface area contributed by atoms with Crippen molar-refractivity contribution in [3.63, 3.8) is 0 Å². The van der Waals surface area contributed by atoms with Gasteiger partial charge in [0.15, 0.2) is 0 Å². The van der Waals surface area contributed by atoms with Gasteiger partial charge in [-0.15, -0.1) is 0 Å². The molecule has 0 aliphatic carbocycles. The highest BCUT2D eigenvalue weighted by Crippen LogP contribution is 1.91.